The molecule has 7 heteroatoms. The Labute approximate surface area is 150 Å². The van der Waals surface area contributed by atoms with E-state index in [1.165, 1.54) is 6.42 Å². The Morgan fingerprint density at radius 3 is 2.96 bits per heavy atom. The summed E-state index contributed by atoms with van der Waals surface area (Å²) in [6.07, 6.45) is 2.99. The molecule has 1 fully saturated rings. The molecule has 1 aliphatic heterocycles. The Morgan fingerprint density at radius 1 is 1.27 bits per heavy atom. The molecule has 1 atom stereocenters. The maximum Gasteiger partial charge on any atom is 0.150 e. The van der Waals surface area contributed by atoms with Crippen molar-refractivity contribution in [2.45, 2.75) is 19.9 Å². The van der Waals surface area contributed by atoms with E-state index in [1.807, 2.05) is 12.1 Å². The number of hydrogen-bond donors (Lipinski definition) is 3. The lowest BCUT2D eigenvalue weighted by Gasteiger charge is -2.12. The molecule has 1 saturated heterocycles. The number of nitrogen functional groups attached to an aromatic ring is 1. The van der Waals surface area contributed by atoms with Crippen molar-refractivity contribution in [2.24, 2.45) is 5.92 Å². The van der Waals surface area contributed by atoms with Crippen LogP contribution in [-0.4, -0.2) is 43.1 Å². The van der Waals surface area contributed by atoms with Crippen LogP contribution in [-0.2, 0) is 6.54 Å². The second kappa shape index (κ2) is 5.81. The first kappa shape index (κ1) is 15.3. The van der Waals surface area contributed by atoms with Crippen LogP contribution >= 0.6 is 0 Å². The van der Waals surface area contributed by atoms with Crippen molar-refractivity contribution in [1.82, 2.24) is 30.0 Å². The van der Waals surface area contributed by atoms with Crippen LogP contribution in [0.2, 0.25) is 0 Å². The molecule has 4 N–H and O–H groups in total. The van der Waals surface area contributed by atoms with Crippen molar-refractivity contribution in [1.29, 1.82) is 0 Å². The van der Waals surface area contributed by atoms with Gasteiger partial charge in [0.1, 0.15) is 22.7 Å². The number of pyridine rings is 1. The van der Waals surface area contributed by atoms with E-state index in [1.54, 1.807) is 6.20 Å². The number of nitrogens with one attached hydrogen (secondary N) is 2. The van der Waals surface area contributed by atoms with Crippen molar-refractivity contribution in [3.63, 3.8) is 0 Å². The van der Waals surface area contributed by atoms with Gasteiger partial charge in [0.15, 0.2) is 0 Å². The highest BCUT2D eigenvalue weighted by atomic mass is 15.2. The summed E-state index contributed by atoms with van der Waals surface area (Å²) < 4.78 is 0. The van der Waals surface area contributed by atoms with E-state index >= 15 is 0 Å². The summed E-state index contributed by atoms with van der Waals surface area (Å²) in [5.74, 6) is 2.20. The fourth-order valence-electron chi connectivity index (χ4n) is 3.85. The molecule has 5 rings (SSSR count). The molecule has 26 heavy (non-hydrogen) atoms. The van der Waals surface area contributed by atoms with E-state index in [0.717, 1.165) is 64.6 Å². The summed E-state index contributed by atoms with van der Waals surface area (Å²) in [6.45, 7) is 5.37. The van der Waals surface area contributed by atoms with Gasteiger partial charge in [-0.2, -0.15) is 5.10 Å². The number of hydrogen-bond acceptors (Lipinski definition) is 5. The molecule has 0 radical (unpaired) electrons. The zero-order valence-electron chi connectivity index (χ0n) is 14.7. The van der Waals surface area contributed by atoms with E-state index in [-0.39, 0.29) is 0 Å². The summed E-state index contributed by atoms with van der Waals surface area (Å²) in [4.78, 5) is 15.3. The molecule has 4 heterocycles. The minimum Gasteiger partial charge on any atom is -0.382 e. The summed E-state index contributed by atoms with van der Waals surface area (Å²) in [5, 5.41) is 8.00. The molecule has 3 aromatic heterocycles. The van der Waals surface area contributed by atoms with Crippen LogP contribution in [0.5, 0.6) is 0 Å². The fourth-order valence-corrected chi connectivity index (χ4v) is 3.85. The number of imidazole rings is 1. The molecule has 1 unspecified atom stereocenters. The van der Waals surface area contributed by atoms with Gasteiger partial charge in [-0.3, -0.25) is 10.00 Å². The molecular formula is C19H21N7. The van der Waals surface area contributed by atoms with Gasteiger partial charge in [0.25, 0.3) is 0 Å². The van der Waals surface area contributed by atoms with Crippen molar-refractivity contribution in [3.8, 4) is 11.3 Å². The summed E-state index contributed by atoms with van der Waals surface area (Å²) in [7, 11) is 0. The van der Waals surface area contributed by atoms with Crippen molar-refractivity contribution < 1.29 is 0 Å². The normalized spacial score (nSPS) is 18.3. The third kappa shape index (κ3) is 2.52. The summed E-state index contributed by atoms with van der Waals surface area (Å²) >= 11 is 0. The van der Waals surface area contributed by atoms with Gasteiger partial charge in [-0.25, -0.2) is 9.97 Å². The molecule has 7 nitrogen and oxygen atoms in total. The number of nitrogens with two attached hydrogens (primary N) is 1. The van der Waals surface area contributed by atoms with Gasteiger partial charge in [-0.1, -0.05) is 13.0 Å². The number of anilines is 1. The average molecular weight is 347 g/mol. The standard InChI is InChI=1S/C19H21N7/c1-11-5-7-26(9-11)10-16-23-17-13-3-2-12(14-4-6-21-25-14)8-15(13)22-19(20)18(17)24-16/h2-4,6,8,11H,5,7,9-10H2,1H3,(H2,20,22)(H,21,25)(H,23,24). The van der Waals surface area contributed by atoms with Gasteiger partial charge >= 0.3 is 0 Å². The van der Waals surface area contributed by atoms with Crippen molar-refractivity contribution >= 4 is 27.8 Å². The number of benzene rings is 1. The molecule has 0 amide bonds. The Kier molecular flexibility index (Phi) is 3.43. The van der Waals surface area contributed by atoms with Crippen molar-refractivity contribution in [2.75, 3.05) is 18.8 Å². The SMILES string of the molecule is CC1CCN(Cc2nc3c([nH]2)c(N)nc2cc(-c4ccn[nH]4)ccc23)C1. The lowest BCUT2D eigenvalue weighted by molar-refractivity contribution is 0.313. The zero-order valence-corrected chi connectivity index (χ0v) is 14.7. The predicted molar refractivity (Wildman–Crippen MR) is 102 cm³/mol. The quantitative estimate of drug-likeness (QED) is 0.529. The van der Waals surface area contributed by atoms with Gasteiger partial charge in [0, 0.05) is 23.7 Å². The molecule has 132 valence electrons. The van der Waals surface area contributed by atoms with Gasteiger partial charge in [0.2, 0.25) is 0 Å². The largest absolute Gasteiger partial charge is 0.382 e. The lowest BCUT2D eigenvalue weighted by atomic mass is 10.1. The fraction of sp³-hybridized carbons (Fsp3) is 0.316. The van der Waals surface area contributed by atoms with E-state index < -0.39 is 0 Å². The smallest absolute Gasteiger partial charge is 0.150 e. The zero-order chi connectivity index (χ0) is 17.7. The number of aromatic amines is 2. The highest BCUT2D eigenvalue weighted by Gasteiger charge is 2.20. The molecule has 0 aliphatic carbocycles. The van der Waals surface area contributed by atoms with Crippen LogP contribution in [0.4, 0.5) is 5.82 Å². The number of rotatable bonds is 3. The molecule has 0 spiro atoms. The van der Waals surface area contributed by atoms with Gasteiger partial charge in [0.05, 0.1) is 17.8 Å². The maximum atomic E-state index is 6.22. The first-order valence-electron chi connectivity index (χ1n) is 8.97. The molecule has 0 saturated carbocycles. The van der Waals surface area contributed by atoms with Gasteiger partial charge in [-0.15, -0.1) is 0 Å². The number of H-pyrrole nitrogens is 2. The Bertz CT molecular complexity index is 1080. The monoisotopic (exact) mass is 347 g/mol. The van der Waals surface area contributed by atoms with Gasteiger partial charge in [-0.05, 0) is 37.1 Å². The Morgan fingerprint density at radius 2 is 2.19 bits per heavy atom. The molecule has 1 aromatic carbocycles. The first-order valence-corrected chi connectivity index (χ1v) is 8.97. The molecule has 4 aromatic rings. The van der Waals surface area contributed by atoms with E-state index in [2.05, 4.69) is 44.1 Å². The van der Waals surface area contributed by atoms with Crippen LogP contribution < -0.4 is 5.73 Å². The minimum absolute atomic E-state index is 0.489. The third-order valence-electron chi connectivity index (χ3n) is 5.20. The highest BCUT2D eigenvalue weighted by molar-refractivity contribution is 6.06. The lowest BCUT2D eigenvalue weighted by Crippen LogP contribution is -2.20. The predicted octanol–water partition coefficient (Wildman–Crippen LogP) is 2.93. The number of likely N-dealkylation sites (tertiary alicyclic amines) is 1. The van der Waals surface area contributed by atoms with Crippen LogP contribution in [0.1, 0.15) is 19.2 Å². The van der Waals surface area contributed by atoms with E-state index in [0.29, 0.717) is 5.82 Å². The number of nitrogens with zero attached hydrogens (tertiary/aromatic N) is 4. The topological polar surface area (TPSA) is 99.5 Å². The highest BCUT2D eigenvalue weighted by Crippen LogP contribution is 2.29. The number of aromatic nitrogens is 5. The van der Waals surface area contributed by atoms with E-state index in [4.69, 9.17) is 10.7 Å². The Hall–Kier alpha value is -2.93. The van der Waals surface area contributed by atoms with E-state index in [9.17, 15) is 0 Å². The van der Waals surface area contributed by atoms with Gasteiger partial charge < -0.3 is 10.7 Å². The second-order valence-electron chi connectivity index (χ2n) is 7.24. The van der Waals surface area contributed by atoms with Crippen LogP contribution in [0.3, 0.4) is 0 Å². The second-order valence-corrected chi connectivity index (χ2v) is 7.24. The van der Waals surface area contributed by atoms with Crippen LogP contribution in [0, 0.1) is 5.92 Å². The summed E-state index contributed by atoms with van der Waals surface area (Å²) in [6, 6.07) is 8.08. The van der Waals surface area contributed by atoms with Crippen LogP contribution in [0.25, 0.3) is 33.2 Å². The average Bonchev–Trinajstić information content (AvgIpc) is 3.36. The molecule has 0 bridgehead atoms. The molecule has 1 aliphatic rings. The third-order valence-corrected chi connectivity index (χ3v) is 5.20. The first-order chi connectivity index (χ1) is 12.7. The molecular weight excluding hydrogens is 326 g/mol. The van der Waals surface area contributed by atoms with Crippen LogP contribution in [0.15, 0.2) is 30.5 Å². The maximum absolute atomic E-state index is 6.22. The Balaban J connectivity index is 1.58. The van der Waals surface area contributed by atoms with Crippen molar-refractivity contribution in [3.05, 3.63) is 36.3 Å². The summed E-state index contributed by atoms with van der Waals surface area (Å²) in [5.41, 5.74) is 10.8. The number of fused-ring (bicyclic) bond motifs is 3. The minimum atomic E-state index is 0.489.